The molecule has 0 aliphatic rings. The van der Waals surface area contributed by atoms with Crippen LogP contribution in [-0.4, -0.2) is 47.4 Å². The summed E-state index contributed by atoms with van der Waals surface area (Å²) >= 11 is 0. The molecular formula is C69H131NO5. The standard InChI is InChI=1S/C69H131NO5/c1-3-5-7-9-11-13-15-17-19-20-31-34-37-41-45-49-53-57-61-67(72)66(65-71)70-68(73)62-58-54-50-46-42-38-35-32-29-27-25-23-21-22-24-26-28-30-33-36-40-44-48-52-56-60-64-75-69(74)63-59-55-51-47-43-39-18-16-14-12-10-8-6-4-2/h10,12,16,18,57,61,66-67,71-72H,3-9,11,13-15,17,19-56,58-60,62-65H2,1-2H3,(H,70,73)/b12-10-,18-16-,61-57+. The third-order valence-corrected chi connectivity index (χ3v) is 15.7. The van der Waals surface area contributed by atoms with Crippen LogP contribution in [-0.2, 0) is 14.3 Å². The zero-order valence-corrected chi connectivity index (χ0v) is 50.5. The van der Waals surface area contributed by atoms with E-state index in [0.29, 0.717) is 19.4 Å². The number of aliphatic hydroxyl groups is 2. The number of unbranched alkanes of at least 4 members (excludes halogenated alkanes) is 48. The highest BCUT2D eigenvalue weighted by Crippen LogP contribution is 2.18. The van der Waals surface area contributed by atoms with Gasteiger partial charge in [-0.1, -0.05) is 333 Å². The normalized spacial score (nSPS) is 12.7. The van der Waals surface area contributed by atoms with Crippen molar-refractivity contribution in [2.75, 3.05) is 13.2 Å². The lowest BCUT2D eigenvalue weighted by atomic mass is 10.0. The molecule has 0 heterocycles. The predicted octanol–water partition coefficient (Wildman–Crippen LogP) is 21.5. The minimum atomic E-state index is -0.844. The fraction of sp³-hybridized carbons (Fsp3) is 0.884. The zero-order valence-electron chi connectivity index (χ0n) is 50.5. The lowest BCUT2D eigenvalue weighted by Gasteiger charge is -2.20. The number of carbonyl (C=O) groups is 2. The molecule has 0 aliphatic carbocycles. The van der Waals surface area contributed by atoms with E-state index in [9.17, 15) is 19.8 Å². The van der Waals surface area contributed by atoms with Gasteiger partial charge < -0.3 is 20.3 Å². The number of aliphatic hydroxyl groups excluding tert-OH is 2. The van der Waals surface area contributed by atoms with E-state index >= 15 is 0 Å². The van der Waals surface area contributed by atoms with Crippen LogP contribution < -0.4 is 5.32 Å². The number of ether oxygens (including phenoxy) is 1. The van der Waals surface area contributed by atoms with Crippen molar-refractivity contribution in [1.82, 2.24) is 5.32 Å². The van der Waals surface area contributed by atoms with Gasteiger partial charge in [-0.2, -0.15) is 0 Å². The SMILES string of the molecule is CCCC/C=C\C/C=C\CCCCCCCC(=O)OCCCCCCCCCCCCCCCCCCCCCCCCCCCCC(=O)NC(CO)C(O)/C=C/CCCCCCCCCCCCCCCCCC. The van der Waals surface area contributed by atoms with E-state index in [2.05, 4.69) is 43.5 Å². The first-order valence-corrected chi connectivity index (χ1v) is 33.8. The first kappa shape index (κ1) is 73.1. The molecule has 2 unspecified atom stereocenters. The summed E-state index contributed by atoms with van der Waals surface area (Å²) in [7, 11) is 0. The van der Waals surface area contributed by atoms with E-state index in [0.717, 1.165) is 51.4 Å². The molecule has 0 spiro atoms. The summed E-state index contributed by atoms with van der Waals surface area (Å²) < 4.78 is 5.48. The van der Waals surface area contributed by atoms with Gasteiger partial charge in [-0.05, 0) is 57.8 Å². The van der Waals surface area contributed by atoms with E-state index in [-0.39, 0.29) is 18.5 Å². The molecule has 3 N–H and O–H groups in total. The zero-order chi connectivity index (χ0) is 54.3. The third kappa shape index (κ3) is 61.2. The summed E-state index contributed by atoms with van der Waals surface area (Å²) in [6.07, 6.45) is 82.1. The minimum absolute atomic E-state index is 0.00244. The number of nitrogens with one attached hydrogen (secondary N) is 1. The van der Waals surface area contributed by atoms with E-state index in [1.807, 2.05) is 6.08 Å². The second kappa shape index (κ2) is 64.6. The fourth-order valence-electron chi connectivity index (χ4n) is 10.5. The van der Waals surface area contributed by atoms with E-state index < -0.39 is 12.1 Å². The van der Waals surface area contributed by atoms with Gasteiger partial charge in [0.2, 0.25) is 5.91 Å². The molecule has 0 rings (SSSR count). The predicted molar refractivity (Wildman–Crippen MR) is 329 cm³/mol. The van der Waals surface area contributed by atoms with Crippen LogP contribution in [0.1, 0.15) is 367 Å². The Hall–Kier alpha value is -1.92. The van der Waals surface area contributed by atoms with Gasteiger partial charge in [0.25, 0.3) is 0 Å². The maximum absolute atomic E-state index is 12.5. The molecule has 442 valence electrons. The van der Waals surface area contributed by atoms with Crippen LogP contribution in [0.25, 0.3) is 0 Å². The Balaban J connectivity index is 3.38. The number of allylic oxidation sites excluding steroid dienone is 5. The average molecular weight is 1050 g/mol. The molecule has 0 aromatic carbocycles. The second-order valence-corrected chi connectivity index (χ2v) is 23.2. The number of hydrogen-bond donors (Lipinski definition) is 3. The monoisotopic (exact) mass is 1050 g/mol. The van der Waals surface area contributed by atoms with Gasteiger partial charge in [0.15, 0.2) is 0 Å². The van der Waals surface area contributed by atoms with Crippen molar-refractivity contribution in [3.63, 3.8) is 0 Å². The highest BCUT2D eigenvalue weighted by molar-refractivity contribution is 5.76. The van der Waals surface area contributed by atoms with Gasteiger partial charge in [-0.25, -0.2) is 0 Å². The number of carbonyl (C=O) groups excluding carboxylic acids is 2. The number of esters is 1. The molecule has 0 saturated carbocycles. The Morgan fingerprint density at radius 2 is 0.680 bits per heavy atom. The van der Waals surface area contributed by atoms with Crippen molar-refractivity contribution in [3.05, 3.63) is 36.5 Å². The summed E-state index contributed by atoms with van der Waals surface area (Å²) in [5.74, 6) is -0.0607. The van der Waals surface area contributed by atoms with Crippen molar-refractivity contribution < 1.29 is 24.5 Å². The molecular weight excluding hydrogens is 923 g/mol. The lowest BCUT2D eigenvalue weighted by Crippen LogP contribution is -2.45. The maximum atomic E-state index is 12.5. The molecule has 1 amide bonds. The maximum Gasteiger partial charge on any atom is 0.305 e. The minimum Gasteiger partial charge on any atom is -0.466 e. The quantitative estimate of drug-likeness (QED) is 0.0320. The second-order valence-electron chi connectivity index (χ2n) is 23.2. The average Bonchev–Trinajstić information content (AvgIpc) is 3.41. The Kier molecular flexibility index (Phi) is 63.0. The molecule has 2 atom stereocenters. The molecule has 0 aliphatic heterocycles. The first-order valence-electron chi connectivity index (χ1n) is 33.8. The van der Waals surface area contributed by atoms with Crippen LogP contribution in [0, 0.1) is 0 Å². The van der Waals surface area contributed by atoms with Crippen LogP contribution in [0.4, 0.5) is 0 Å². The number of amides is 1. The molecule has 0 bridgehead atoms. The molecule has 6 nitrogen and oxygen atoms in total. The molecule has 0 aromatic rings. The van der Waals surface area contributed by atoms with Crippen LogP contribution in [0.5, 0.6) is 0 Å². The van der Waals surface area contributed by atoms with E-state index in [1.165, 1.54) is 289 Å². The van der Waals surface area contributed by atoms with Crippen molar-refractivity contribution in [2.45, 2.75) is 379 Å². The van der Waals surface area contributed by atoms with Crippen LogP contribution in [0.15, 0.2) is 36.5 Å². The fourth-order valence-corrected chi connectivity index (χ4v) is 10.5. The van der Waals surface area contributed by atoms with Crippen molar-refractivity contribution in [3.8, 4) is 0 Å². The van der Waals surface area contributed by atoms with Gasteiger partial charge in [0.1, 0.15) is 0 Å². The van der Waals surface area contributed by atoms with Gasteiger partial charge in [0, 0.05) is 12.8 Å². The van der Waals surface area contributed by atoms with Crippen LogP contribution in [0.2, 0.25) is 0 Å². The van der Waals surface area contributed by atoms with E-state index in [1.54, 1.807) is 6.08 Å². The van der Waals surface area contributed by atoms with Crippen LogP contribution in [0.3, 0.4) is 0 Å². The highest BCUT2D eigenvalue weighted by atomic mass is 16.5. The Morgan fingerprint density at radius 1 is 0.373 bits per heavy atom. The Bertz CT molecular complexity index is 1210. The van der Waals surface area contributed by atoms with Crippen molar-refractivity contribution >= 4 is 11.9 Å². The molecule has 0 fully saturated rings. The summed E-state index contributed by atoms with van der Waals surface area (Å²) in [6.45, 7) is 4.89. The molecule has 0 saturated heterocycles. The topological polar surface area (TPSA) is 95.9 Å². The molecule has 6 heteroatoms. The van der Waals surface area contributed by atoms with Crippen molar-refractivity contribution in [1.29, 1.82) is 0 Å². The van der Waals surface area contributed by atoms with Gasteiger partial charge in [-0.15, -0.1) is 0 Å². The molecule has 0 aromatic heterocycles. The van der Waals surface area contributed by atoms with Gasteiger partial charge in [-0.3, -0.25) is 9.59 Å². The molecule has 0 radical (unpaired) electrons. The lowest BCUT2D eigenvalue weighted by molar-refractivity contribution is -0.143. The molecule has 75 heavy (non-hydrogen) atoms. The first-order chi connectivity index (χ1) is 37.0. The van der Waals surface area contributed by atoms with Gasteiger partial charge >= 0.3 is 5.97 Å². The van der Waals surface area contributed by atoms with Gasteiger partial charge in [0.05, 0.1) is 25.4 Å². The number of rotatable bonds is 63. The van der Waals surface area contributed by atoms with E-state index in [4.69, 9.17) is 4.74 Å². The summed E-state index contributed by atoms with van der Waals surface area (Å²) in [5, 5.41) is 23.2. The Morgan fingerprint density at radius 3 is 1.05 bits per heavy atom. The summed E-state index contributed by atoms with van der Waals surface area (Å²) in [4.78, 5) is 24.5. The smallest absolute Gasteiger partial charge is 0.305 e. The summed E-state index contributed by atoms with van der Waals surface area (Å²) in [6, 6.07) is -0.627. The third-order valence-electron chi connectivity index (χ3n) is 15.7. The van der Waals surface area contributed by atoms with Crippen molar-refractivity contribution in [2.24, 2.45) is 0 Å². The Labute approximate surface area is 468 Å². The highest BCUT2D eigenvalue weighted by Gasteiger charge is 2.18. The van der Waals surface area contributed by atoms with Crippen LogP contribution >= 0.6 is 0 Å². The largest absolute Gasteiger partial charge is 0.466 e. The summed E-state index contributed by atoms with van der Waals surface area (Å²) in [5.41, 5.74) is 0. The number of hydrogen-bond acceptors (Lipinski definition) is 5.